The number of nitrogens with zero attached hydrogens (tertiary/aromatic N) is 1. The van der Waals surface area contributed by atoms with E-state index in [-0.39, 0.29) is 0 Å². The molecule has 0 heterocycles. The molecule has 3 N–H and O–H groups in total. The van der Waals surface area contributed by atoms with E-state index in [1.807, 2.05) is 6.07 Å². The predicted octanol–water partition coefficient (Wildman–Crippen LogP) is 3.32. The second-order valence-corrected chi connectivity index (χ2v) is 5.04. The fourth-order valence-corrected chi connectivity index (χ4v) is 1.89. The van der Waals surface area contributed by atoms with Gasteiger partial charge in [-0.15, -0.1) is 0 Å². The van der Waals surface area contributed by atoms with Gasteiger partial charge >= 0.3 is 0 Å². The molecule has 0 aromatic heterocycles. The molecule has 1 rings (SSSR count). The number of nitrogens with two attached hydrogens (primary N) is 1. The van der Waals surface area contributed by atoms with Crippen molar-refractivity contribution in [1.29, 1.82) is 0 Å². The summed E-state index contributed by atoms with van der Waals surface area (Å²) < 4.78 is 29.2. The summed E-state index contributed by atoms with van der Waals surface area (Å²) in [7, 11) is 0. The molecular formula is C16H25F2N3O. The molecule has 0 bridgehead atoms. The van der Waals surface area contributed by atoms with Crippen LogP contribution in [0.3, 0.4) is 0 Å². The van der Waals surface area contributed by atoms with Crippen molar-refractivity contribution in [3.8, 4) is 5.75 Å². The third-order valence-electron chi connectivity index (χ3n) is 3.04. The Labute approximate surface area is 130 Å². The number of alkyl halides is 2. The SMILES string of the molecule is CCCCCCNC(N)=NCc1cccc(OCC(F)F)c1. The van der Waals surface area contributed by atoms with Crippen LogP contribution in [0.4, 0.5) is 8.78 Å². The van der Waals surface area contributed by atoms with Crippen LogP contribution in [-0.2, 0) is 6.54 Å². The first-order chi connectivity index (χ1) is 10.6. The molecule has 0 spiro atoms. The van der Waals surface area contributed by atoms with Crippen LogP contribution in [0.1, 0.15) is 38.2 Å². The largest absolute Gasteiger partial charge is 0.488 e. The minimum Gasteiger partial charge on any atom is -0.488 e. The van der Waals surface area contributed by atoms with Gasteiger partial charge in [-0.1, -0.05) is 38.3 Å². The molecule has 0 amide bonds. The van der Waals surface area contributed by atoms with E-state index >= 15 is 0 Å². The summed E-state index contributed by atoms with van der Waals surface area (Å²) in [4.78, 5) is 4.23. The topological polar surface area (TPSA) is 59.6 Å². The molecule has 6 heteroatoms. The van der Waals surface area contributed by atoms with Gasteiger partial charge in [-0.2, -0.15) is 0 Å². The number of nitrogens with one attached hydrogen (secondary N) is 1. The van der Waals surface area contributed by atoms with Crippen molar-refractivity contribution in [2.45, 2.75) is 45.6 Å². The maximum atomic E-state index is 12.1. The molecule has 0 atom stereocenters. The number of hydrogen-bond donors (Lipinski definition) is 2. The fourth-order valence-electron chi connectivity index (χ4n) is 1.89. The minimum atomic E-state index is -2.48. The molecule has 124 valence electrons. The zero-order valence-corrected chi connectivity index (χ0v) is 13.0. The van der Waals surface area contributed by atoms with E-state index in [4.69, 9.17) is 10.5 Å². The first-order valence-corrected chi connectivity index (χ1v) is 7.65. The van der Waals surface area contributed by atoms with E-state index in [0.29, 0.717) is 18.3 Å². The number of rotatable bonds is 10. The summed E-state index contributed by atoms with van der Waals surface area (Å²) in [5.74, 6) is 0.814. The van der Waals surface area contributed by atoms with Gasteiger partial charge in [0.2, 0.25) is 0 Å². The third kappa shape index (κ3) is 8.44. The van der Waals surface area contributed by atoms with Crippen molar-refractivity contribution in [2.75, 3.05) is 13.2 Å². The van der Waals surface area contributed by atoms with Gasteiger partial charge in [0.1, 0.15) is 12.4 Å². The fraction of sp³-hybridized carbons (Fsp3) is 0.562. The molecule has 0 saturated heterocycles. The van der Waals surface area contributed by atoms with E-state index in [2.05, 4.69) is 17.2 Å². The van der Waals surface area contributed by atoms with Crippen LogP contribution in [0.5, 0.6) is 5.75 Å². The lowest BCUT2D eigenvalue weighted by Gasteiger charge is -2.07. The van der Waals surface area contributed by atoms with Crippen LogP contribution in [0.15, 0.2) is 29.3 Å². The van der Waals surface area contributed by atoms with Crippen LogP contribution in [0.2, 0.25) is 0 Å². The van der Waals surface area contributed by atoms with E-state index in [9.17, 15) is 8.78 Å². The average molecular weight is 313 g/mol. The molecule has 1 aromatic carbocycles. The van der Waals surface area contributed by atoms with Crippen LogP contribution in [0.25, 0.3) is 0 Å². The normalized spacial score (nSPS) is 11.7. The smallest absolute Gasteiger partial charge is 0.272 e. The number of unbranched alkanes of at least 4 members (excludes halogenated alkanes) is 3. The van der Waals surface area contributed by atoms with E-state index in [1.165, 1.54) is 19.3 Å². The van der Waals surface area contributed by atoms with Gasteiger partial charge in [-0.25, -0.2) is 13.8 Å². The summed E-state index contributed by atoms with van der Waals surface area (Å²) in [5.41, 5.74) is 6.64. The van der Waals surface area contributed by atoms with E-state index in [1.54, 1.807) is 18.2 Å². The second kappa shape index (κ2) is 10.8. The van der Waals surface area contributed by atoms with Gasteiger partial charge in [-0.05, 0) is 24.1 Å². The third-order valence-corrected chi connectivity index (χ3v) is 3.04. The Bertz CT molecular complexity index is 453. The summed E-state index contributed by atoms with van der Waals surface area (Å²) in [5, 5.41) is 3.06. The van der Waals surface area contributed by atoms with E-state index in [0.717, 1.165) is 18.5 Å². The standard InChI is InChI=1S/C16H25F2N3O/c1-2-3-4-5-9-20-16(19)21-11-13-7-6-8-14(10-13)22-12-15(17)18/h6-8,10,15H,2-5,9,11-12H2,1H3,(H3,19,20,21). The Morgan fingerprint density at radius 3 is 2.86 bits per heavy atom. The van der Waals surface area contributed by atoms with Crippen LogP contribution < -0.4 is 15.8 Å². The maximum Gasteiger partial charge on any atom is 0.272 e. The van der Waals surface area contributed by atoms with E-state index < -0.39 is 13.0 Å². The lowest BCUT2D eigenvalue weighted by atomic mass is 10.2. The van der Waals surface area contributed by atoms with Gasteiger partial charge in [0.05, 0.1) is 6.54 Å². The summed E-state index contributed by atoms with van der Waals surface area (Å²) in [6.07, 6.45) is 2.20. The Morgan fingerprint density at radius 1 is 1.32 bits per heavy atom. The van der Waals surface area contributed by atoms with Gasteiger partial charge < -0.3 is 15.8 Å². The van der Waals surface area contributed by atoms with Crippen molar-refractivity contribution < 1.29 is 13.5 Å². The second-order valence-electron chi connectivity index (χ2n) is 5.04. The number of guanidine groups is 1. The molecule has 0 aliphatic heterocycles. The molecule has 1 aromatic rings. The molecule has 22 heavy (non-hydrogen) atoms. The zero-order chi connectivity index (χ0) is 16.2. The van der Waals surface area contributed by atoms with Crippen molar-refractivity contribution in [3.05, 3.63) is 29.8 Å². The molecule has 4 nitrogen and oxygen atoms in total. The number of benzene rings is 1. The number of aliphatic imine (C=N–C) groups is 1. The molecule has 0 fully saturated rings. The van der Waals surface area contributed by atoms with Gasteiger partial charge in [-0.3, -0.25) is 0 Å². The van der Waals surface area contributed by atoms with Gasteiger partial charge in [0, 0.05) is 6.54 Å². The highest BCUT2D eigenvalue weighted by atomic mass is 19.3. The highest BCUT2D eigenvalue weighted by Crippen LogP contribution is 2.14. The van der Waals surface area contributed by atoms with Crippen molar-refractivity contribution in [2.24, 2.45) is 10.7 Å². The minimum absolute atomic E-state index is 0.389. The van der Waals surface area contributed by atoms with Gasteiger partial charge in [0.15, 0.2) is 5.96 Å². The molecule has 0 saturated carbocycles. The Balaban J connectivity index is 2.35. The molecule has 0 radical (unpaired) electrons. The lowest BCUT2D eigenvalue weighted by Crippen LogP contribution is -2.32. The first kappa shape index (κ1) is 18.2. The molecule has 0 unspecified atom stereocenters. The number of hydrogen-bond acceptors (Lipinski definition) is 2. The molecular weight excluding hydrogens is 288 g/mol. The first-order valence-electron chi connectivity index (χ1n) is 7.65. The highest BCUT2D eigenvalue weighted by molar-refractivity contribution is 5.77. The van der Waals surface area contributed by atoms with Crippen molar-refractivity contribution in [1.82, 2.24) is 5.32 Å². The highest BCUT2D eigenvalue weighted by Gasteiger charge is 2.04. The monoisotopic (exact) mass is 313 g/mol. The lowest BCUT2D eigenvalue weighted by molar-refractivity contribution is 0.0818. The van der Waals surface area contributed by atoms with Crippen LogP contribution in [0, 0.1) is 0 Å². The summed E-state index contributed by atoms with van der Waals surface area (Å²) in [6.45, 7) is 2.77. The summed E-state index contributed by atoms with van der Waals surface area (Å²) >= 11 is 0. The molecule has 0 aliphatic carbocycles. The Hall–Kier alpha value is -1.85. The summed E-state index contributed by atoms with van der Waals surface area (Å²) in [6, 6.07) is 6.94. The number of ether oxygens (including phenoxy) is 1. The zero-order valence-electron chi connectivity index (χ0n) is 13.0. The van der Waals surface area contributed by atoms with Gasteiger partial charge in [0.25, 0.3) is 6.43 Å². The van der Waals surface area contributed by atoms with Crippen molar-refractivity contribution in [3.63, 3.8) is 0 Å². The Morgan fingerprint density at radius 2 is 2.14 bits per heavy atom. The molecule has 0 aliphatic rings. The number of halogens is 2. The quantitative estimate of drug-likeness (QED) is 0.396. The Kier molecular flexibility index (Phi) is 8.95. The van der Waals surface area contributed by atoms with Crippen molar-refractivity contribution >= 4 is 5.96 Å². The maximum absolute atomic E-state index is 12.1. The van der Waals surface area contributed by atoms with Crippen LogP contribution in [-0.4, -0.2) is 25.5 Å². The van der Waals surface area contributed by atoms with Crippen LogP contribution >= 0.6 is 0 Å². The average Bonchev–Trinajstić information content (AvgIpc) is 2.51. The predicted molar refractivity (Wildman–Crippen MR) is 85.4 cm³/mol.